The Balaban J connectivity index is 2.77. The number of carboxylic acid groups (broad SMARTS) is 1. The molecule has 0 radical (unpaired) electrons. The van der Waals surface area contributed by atoms with Crippen molar-refractivity contribution in [3.63, 3.8) is 0 Å². The van der Waals surface area contributed by atoms with Crippen molar-refractivity contribution >= 4 is 33.6 Å². The third kappa shape index (κ3) is 4.41. The number of amides is 2. The number of urea groups is 1. The molecule has 0 saturated heterocycles. The van der Waals surface area contributed by atoms with E-state index >= 15 is 0 Å². The van der Waals surface area contributed by atoms with Crippen molar-refractivity contribution in [3.05, 3.63) is 28.2 Å². The largest absolute Gasteiger partial charge is 0.478 e. The average Bonchev–Trinajstić information content (AvgIpc) is 2.25. The first-order valence-electron chi connectivity index (χ1n) is 4.81. The number of benzene rings is 1. The Labute approximate surface area is 106 Å². The quantitative estimate of drug-likeness (QED) is 0.671. The van der Waals surface area contributed by atoms with Crippen LogP contribution >= 0.6 is 15.9 Å². The summed E-state index contributed by atoms with van der Waals surface area (Å²) in [4.78, 5) is 22.1. The molecule has 92 valence electrons. The molecular formula is C10H12BrN3O3. The highest BCUT2D eigenvalue weighted by atomic mass is 79.9. The molecule has 0 aliphatic carbocycles. The molecule has 0 bridgehead atoms. The van der Waals surface area contributed by atoms with Gasteiger partial charge in [-0.25, -0.2) is 9.59 Å². The minimum Gasteiger partial charge on any atom is -0.478 e. The van der Waals surface area contributed by atoms with Gasteiger partial charge in [0.1, 0.15) is 0 Å². The normalized spacial score (nSPS) is 9.76. The smallest absolute Gasteiger partial charge is 0.335 e. The summed E-state index contributed by atoms with van der Waals surface area (Å²) in [5, 5.41) is 13.9. The summed E-state index contributed by atoms with van der Waals surface area (Å²) in [6, 6.07) is 4.00. The fourth-order valence-electron chi connectivity index (χ4n) is 1.15. The molecule has 17 heavy (non-hydrogen) atoms. The lowest BCUT2D eigenvalue weighted by Crippen LogP contribution is -2.32. The van der Waals surface area contributed by atoms with E-state index in [1.165, 1.54) is 12.1 Å². The van der Waals surface area contributed by atoms with Gasteiger partial charge in [-0.1, -0.05) is 15.9 Å². The zero-order chi connectivity index (χ0) is 12.8. The third-order valence-corrected chi connectivity index (χ3v) is 2.29. The van der Waals surface area contributed by atoms with Crippen molar-refractivity contribution in [3.8, 4) is 0 Å². The van der Waals surface area contributed by atoms with Crippen LogP contribution in [0.25, 0.3) is 0 Å². The number of carbonyl (C=O) groups excluding carboxylic acids is 1. The van der Waals surface area contributed by atoms with E-state index in [0.29, 0.717) is 23.2 Å². The van der Waals surface area contributed by atoms with Crippen molar-refractivity contribution in [2.75, 3.05) is 18.4 Å². The van der Waals surface area contributed by atoms with Crippen molar-refractivity contribution < 1.29 is 14.7 Å². The highest BCUT2D eigenvalue weighted by molar-refractivity contribution is 9.10. The summed E-state index contributed by atoms with van der Waals surface area (Å²) in [5.41, 5.74) is 5.72. The van der Waals surface area contributed by atoms with Crippen LogP contribution in [-0.2, 0) is 0 Å². The number of aromatic carboxylic acids is 1. The van der Waals surface area contributed by atoms with E-state index in [9.17, 15) is 9.59 Å². The molecule has 0 saturated carbocycles. The second kappa shape index (κ2) is 6.21. The maximum atomic E-state index is 11.3. The Morgan fingerprint density at radius 2 is 2.06 bits per heavy atom. The predicted molar refractivity (Wildman–Crippen MR) is 67.2 cm³/mol. The van der Waals surface area contributed by atoms with Gasteiger partial charge in [-0.2, -0.15) is 0 Å². The topological polar surface area (TPSA) is 104 Å². The van der Waals surface area contributed by atoms with Gasteiger partial charge in [0.25, 0.3) is 0 Å². The van der Waals surface area contributed by atoms with Crippen LogP contribution in [0.3, 0.4) is 0 Å². The lowest BCUT2D eigenvalue weighted by Gasteiger charge is -2.08. The minimum atomic E-state index is -1.06. The van der Waals surface area contributed by atoms with Crippen LogP contribution in [-0.4, -0.2) is 30.2 Å². The molecule has 1 aromatic carbocycles. The van der Waals surface area contributed by atoms with Crippen LogP contribution in [0.2, 0.25) is 0 Å². The molecule has 0 heterocycles. The van der Waals surface area contributed by atoms with Crippen LogP contribution in [0.1, 0.15) is 10.4 Å². The maximum absolute atomic E-state index is 11.3. The Morgan fingerprint density at radius 1 is 1.35 bits per heavy atom. The van der Waals surface area contributed by atoms with Gasteiger partial charge >= 0.3 is 12.0 Å². The first-order chi connectivity index (χ1) is 8.02. The predicted octanol–water partition coefficient (Wildman–Crippen LogP) is 1.23. The molecule has 1 rings (SSSR count). The SMILES string of the molecule is NCCNC(=O)Nc1cc(Br)cc(C(=O)O)c1. The van der Waals surface area contributed by atoms with Crippen LogP contribution in [0.15, 0.2) is 22.7 Å². The van der Waals surface area contributed by atoms with E-state index in [0.717, 1.165) is 0 Å². The average molecular weight is 302 g/mol. The molecular weight excluding hydrogens is 290 g/mol. The Kier molecular flexibility index (Phi) is 4.92. The van der Waals surface area contributed by atoms with Gasteiger partial charge in [0, 0.05) is 23.2 Å². The van der Waals surface area contributed by atoms with Crippen molar-refractivity contribution in [2.45, 2.75) is 0 Å². The second-order valence-electron chi connectivity index (χ2n) is 3.20. The minimum absolute atomic E-state index is 0.0912. The number of nitrogens with one attached hydrogen (secondary N) is 2. The summed E-state index contributed by atoms with van der Waals surface area (Å²) in [6.45, 7) is 0.692. The van der Waals surface area contributed by atoms with Gasteiger partial charge in [-0.15, -0.1) is 0 Å². The molecule has 6 nitrogen and oxygen atoms in total. The van der Waals surface area contributed by atoms with Gasteiger partial charge in [-0.05, 0) is 18.2 Å². The summed E-state index contributed by atoms with van der Waals surface area (Å²) in [5.74, 6) is -1.06. The first-order valence-corrected chi connectivity index (χ1v) is 5.61. The molecule has 0 aromatic heterocycles. The third-order valence-electron chi connectivity index (χ3n) is 1.83. The van der Waals surface area contributed by atoms with E-state index in [1.807, 2.05) is 0 Å². The number of hydrogen-bond acceptors (Lipinski definition) is 3. The lowest BCUT2D eigenvalue weighted by atomic mass is 10.2. The number of carbonyl (C=O) groups is 2. The van der Waals surface area contributed by atoms with Crippen molar-refractivity contribution in [2.24, 2.45) is 5.73 Å². The highest BCUT2D eigenvalue weighted by Crippen LogP contribution is 2.19. The molecule has 0 aliphatic rings. The van der Waals surface area contributed by atoms with E-state index in [4.69, 9.17) is 10.8 Å². The zero-order valence-corrected chi connectivity index (χ0v) is 10.5. The number of carboxylic acids is 1. The summed E-state index contributed by atoms with van der Waals surface area (Å²) in [6.07, 6.45) is 0. The number of nitrogens with two attached hydrogens (primary N) is 1. The zero-order valence-electron chi connectivity index (χ0n) is 8.87. The fourth-order valence-corrected chi connectivity index (χ4v) is 1.64. The van der Waals surface area contributed by atoms with Gasteiger partial charge in [0.2, 0.25) is 0 Å². The number of anilines is 1. The summed E-state index contributed by atoms with van der Waals surface area (Å²) < 4.78 is 0.575. The monoisotopic (exact) mass is 301 g/mol. The first kappa shape index (κ1) is 13.5. The molecule has 1 aromatic rings. The number of hydrogen-bond donors (Lipinski definition) is 4. The van der Waals surface area contributed by atoms with E-state index < -0.39 is 12.0 Å². The van der Waals surface area contributed by atoms with Gasteiger partial charge in [-0.3, -0.25) is 0 Å². The standard InChI is InChI=1S/C10H12BrN3O3/c11-7-3-6(9(15)16)4-8(5-7)14-10(17)13-2-1-12/h3-5H,1-2,12H2,(H,15,16)(H2,13,14,17). The van der Waals surface area contributed by atoms with Gasteiger partial charge in [0.15, 0.2) is 0 Å². The van der Waals surface area contributed by atoms with Gasteiger partial charge < -0.3 is 21.5 Å². The second-order valence-corrected chi connectivity index (χ2v) is 4.12. The lowest BCUT2D eigenvalue weighted by molar-refractivity contribution is 0.0697. The van der Waals surface area contributed by atoms with E-state index in [-0.39, 0.29) is 5.56 Å². The highest BCUT2D eigenvalue weighted by Gasteiger charge is 2.07. The van der Waals surface area contributed by atoms with E-state index in [2.05, 4.69) is 26.6 Å². The summed E-state index contributed by atoms with van der Waals surface area (Å²) in [7, 11) is 0. The molecule has 7 heteroatoms. The molecule has 2 amide bonds. The fraction of sp³-hybridized carbons (Fsp3) is 0.200. The molecule has 5 N–H and O–H groups in total. The van der Waals surface area contributed by atoms with Crippen LogP contribution in [0.5, 0.6) is 0 Å². The van der Waals surface area contributed by atoms with Crippen LogP contribution in [0.4, 0.5) is 10.5 Å². The van der Waals surface area contributed by atoms with E-state index in [1.54, 1.807) is 6.07 Å². The molecule has 0 aliphatic heterocycles. The number of rotatable bonds is 4. The Hall–Kier alpha value is -1.60. The molecule has 0 spiro atoms. The number of halogens is 1. The van der Waals surface area contributed by atoms with Crippen molar-refractivity contribution in [1.29, 1.82) is 0 Å². The molecule has 0 unspecified atom stereocenters. The van der Waals surface area contributed by atoms with Crippen molar-refractivity contribution in [1.82, 2.24) is 5.32 Å². The molecule has 0 fully saturated rings. The van der Waals surface area contributed by atoms with Gasteiger partial charge in [0.05, 0.1) is 5.56 Å². The Morgan fingerprint density at radius 3 is 2.65 bits per heavy atom. The molecule has 0 atom stereocenters. The van der Waals surface area contributed by atoms with Crippen LogP contribution < -0.4 is 16.4 Å². The Bertz CT molecular complexity index is 437. The van der Waals surface area contributed by atoms with Crippen LogP contribution in [0, 0.1) is 0 Å². The maximum Gasteiger partial charge on any atom is 0.335 e. The summed E-state index contributed by atoms with van der Waals surface area (Å²) >= 11 is 3.17.